The van der Waals surface area contributed by atoms with Gasteiger partial charge in [-0.2, -0.15) is 0 Å². The van der Waals surface area contributed by atoms with E-state index in [4.69, 9.17) is 4.74 Å². The summed E-state index contributed by atoms with van der Waals surface area (Å²) in [6.07, 6.45) is 4.04. The number of alkyl halides is 1. The third kappa shape index (κ3) is 1.33. The maximum absolute atomic E-state index is 14.0. The number of halogens is 1. The lowest BCUT2D eigenvalue weighted by atomic mass is 9.91. The molecule has 0 saturated carbocycles. The fourth-order valence-electron chi connectivity index (χ4n) is 1.83. The molecule has 0 aromatic heterocycles. The average Bonchev–Trinajstić information content (AvgIpc) is 2.55. The van der Waals surface area contributed by atoms with E-state index in [1.54, 1.807) is 6.26 Å². The highest BCUT2D eigenvalue weighted by atomic mass is 19.1. The fourth-order valence-corrected chi connectivity index (χ4v) is 1.83. The van der Waals surface area contributed by atoms with E-state index in [1.165, 1.54) is 0 Å². The summed E-state index contributed by atoms with van der Waals surface area (Å²) in [6, 6.07) is 0. The van der Waals surface area contributed by atoms with Crippen LogP contribution in [0.3, 0.4) is 0 Å². The van der Waals surface area contributed by atoms with E-state index in [1.807, 2.05) is 0 Å². The summed E-state index contributed by atoms with van der Waals surface area (Å²) in [5.41, 5.74) is -0.265. The molecule has 0 radical (unpaired) electrons. The number of hydrogen-bond acceptors (Lipinski definition) is 2. The minimum Gasteiger partial charge on any atom is -0.501 e. The van der Waals surface area contributed by atoms with Gasteiger partial charge in [-0.1, -0.05) is 0 Å². The smallest absolute Gasteiger partial charge is 0.148 e. The zero-order valence-corrected chi connectivity index (χ0v) is 7.11. The second-order valence-electron chi connectivity index (χ2n) is 3.51. The predicted molar refractivity (Wildman–Crippen MR) is 44.6 cm³/mol. The van der Waals surface area contributed by atoms with Gasteiger partial charge in [0.15, 0.2) is 0 Å². The minimum absolute atomic E-state index is 0.461. The van der Waals surface area contributed by atoms with E-state index in [9.17, 15) is 4.39 Å². The molecule has 1 atom stereocenters. The van der Waals surface area contributed by atoms with Gasteiger partial charge in [0.25, 0.3) is 0 Å². The van der Waals surface area contributed by atoms with Crippen LogP contribution in [0, 0.1) is 0 Å². The highest BCUT2D eigenvalue weighted by Gasteiger charge is 2.38. The molecule has 0 aromatic carbocycles. The molecule has 1 unspecified atom stereocenters. The Labute approximate surface area is 71.8 Å². The van der Waals surface area contributed by atoms with Crippen molar-refractivity contribution in [1.82, 2.24) is 5.32 Å². The number of rotatable bonds is 1. The Balaban J connectivity index is 2.10. The van der Waals surface area contributed by atoms with Crippen molar-refractivity contribution in [1.29, 1.82) is 0 Å². The van der Waals surface area contributed by atoms with Crippen molar-refractivity contribution in [2.75, 3.05) is 19.7 Å². The van der Waals surface area contributed by atoms with Gasteiger partial charge in [0.1, 0.15) is 5.67 Å². The molecule has 2 nitrogen and oxygen atoms in total. The Hall–Kier alpha value is -0.570. The first kappa shape index (κ1) is 8.05. The molecule has 0 spiro atoms. The monoisotopic (exact) mass is 171 g/mol. The Kier molecular flexibility index (Phi) is 2.05. The molecule has 68 valence electrons. The first-order valence-corrected chi connectivity index (χ1v) is 4.52. The van der Waals surface area contributed by atoms with Crippen molar-refractivity contribution in [3.63, 3.8) is 0 Å². The van der Waals surface area contributed by atoms with Crippen LogP contribution in [-0.2, 0) is 4.74 Å². The Bertz CT molecular complexity index is 197. The molecule has 2 aliphatic heterocycles. The highest BCUT2D eigenvalue weighted by molar-refractivity contribution is 5.19. The van der Waals surface area contributed by atoms with Gasteiger partial charge in [0, 0.05) is 12.1 Å². The Morgan fingerprint density at radius 3 is 3.08 bits per heavy atom. The molecule has 2 aliphatic rings. The van der Waals surface area contributed by atoms with Gasteiger partial charge in [-0.25, -0.2) is 4.39 Å². The Morgan fingerprint density at radius 2 is 2.50 bits per heavy atom. The second kappa shape index (κ2) is 3.05. The molecule has 12 heavy (non-hydrogen) atoms. The van der Waals surface area contributed by atoms with Gasteiger partial charge in [-0.3, -0.25) is 0 Å². The van der Waals surface area contributed by atoms with E-state index in [0.29, 0.717) is 13.0 Å². The van der Waals surface area contributed by atoms with Crippen LogP contribution < -0.4 is 5.32 Å². The summed E-state index contributed by atoms with van der Waals surface area (Å²) in [5, 5.41) is 3.04. The predicted octanol–water partition coefficient (Wildman–Crippen LogP) is 1.38. The number of nitrogens with one attached hydrogen (secondary N) is 1. The average molecular weight is 171 g/mol. The first-order chi connectivity index (χ1) is 5.81. The van der Waals surface area contributed by atoms with E-state index in [-0.39, 0.29) is 0 Å². The molecule has 0 amide bonds. The molecule has 2 rings (SSSR count). The van der Waals surface area contributed by atoms with Crippen LogP contribution in [0.1, 0.15) is 19.3 Å². The molecule has 3 heteroatoms. The van der Waals surface area contributed by atoms with Gasteiger partial charge in [-0.15, -0.1) is 0 Å². The van der Waals surface area contributed by atoms with Crippen molar-refractivity contribution < 1.29 is 9.13 Å². The van der Waals surface area contributed by atoms with Crippen LogP contribution in [-0.4, -0.2) is 25.4 Å². The highest BCUT2D eigenvalue weighted by Crippen LogP contribution is 2.33. The van der Waals surface area contributed by atoms with Crippen molar-refractivity contribution >= 4 is 0 Å². The zero-order valence-electron chi connectivity index (χ0n) is 7.11. The van der Waals surface area contributed by atoms with Crippen LogP contribution in [0.25, 0.3) is 0 Å². The van der Waals surface area contributed by atoms with Crippen LogP contribution in [0.2, 0.25) is 0 Å². The maximum atomic E-state index is 14.0. The van der Waals surface area contributed by atoms with E-state index >= 15 is 0 Å². The summed E-state index contributed by atoms with van der Waals surface area (Å²) in [5.74, 6) is 0. The molecule has 0 aromatic rings. The van der Waals surface area contributed by atoms with Crippen LogP contribution in [0.15, 0.2) is 11.8 Å². The maximum Gasteiger partial charge on any atom is 0.148 e. The van der Waals surface area contributed by atoms with Gasteiger partial charge in [0.05, 0.1) is 12.9 Å². The summed E-state index contributed by atoms with van der Waals surface area (Å²) in [4.78, 5) is 0. The lowest BCUT2D eigenvalue weighted by Gasteiger charge is -2.24. The third-order valence-corrected chi connectivity index (χ3v) is 2.61. The van der Waals surface area contributed by atoms with Crippen LogP contribution in [0.5, 0.6) is 0 Å². The summed E-state index contributed by atoms with van der Waals surface area (Å²) >= 11 is 0. The first-order valence-electron chi connectivity index (χ1n) is 4.52. The van der Waals surface area contributed by atoms with E-state index in [0.717, 1.165) is 31.6 Å². The van der Waals surface area contributed by atoms with Gasteiger partial charge in [0.2, 0.25) is 0 Å². The van der Waals surface area contributed by atoms with Crippen molar-refractivity contribution in [2.24, 2.45) is 0 Å². The number of ether oxygens (including phenoxy) is 1. The summed E-state index contributed by atoms with van der Waals surface area (Å²) in [6.45, 7) is 1.99. The molecule has 2 heterocycles. The summed E-state index contributed by atoms with van der Waals surface area (Å²) < 4.78 is 19.1. The van der Waals surface area contributed by atoms with Crippen molar-refractivity contribution in [3.05, 3.63) is 11.8 Å². The van der Waals surface area contributed by atoms with E-state index in [2.05, 4.69) is 5.32 Å². The lowest BCUT2D eigenvalue weighted by molar-refractivity contribution is 0.175. The standard InChI is InChI=1S/C9H14FNO/c10-9(3-4-11-7-9)8-2-1-5-12-6-8/h6,11H,1-5,7H2. The second-order valence-corrected chi connectivity index (χ2v) is 3.51. The molecule has 1 saturated heterocycles. The van der Waals surface area contributed by atoms with Crippen molar-refractivity contribution in [2.45, 2.75) is 24.9 Å². The van der Waals surface area contributed by atoms with Crippen LogP contribution in [0.4, 0.5) is 4.39 Å². The molecule has 1 N–H and O–H groups in total. The number of hydrogen-bond donors (Lipinski definition) is 1. The third-order valence-electron chi connectivity index (χ3n) is 2.61. The summed E-state index contributed by atoms with van der Waals surface area (Å²) in [7, 11) is 0. The quantitative estimate of drug-likeness (QED) is 0.643. The molecule has 0 bridgehead atoms. The minimum atomic E-state index is -1.11. The fraction of sp³-hybridized carbons (Fsp3) is 0.778. The normalized spacial score (nSPS) is 35.9. The molecule has 1 fully saturated rings. The van der Waals surface area contributed by atoms with Gasteiger partial charge < -0.3 is 10.1 Å². The van der Waals surface area contributed by atoms with Crippen molar-refractivity contribution in [3.8, 4) is 0 Å². The lowest BCUT2D eigenvalue weighted by Crippen LogP contribution is -2.30. The topological polar surface area (TPSA) is 21.3 Å². The van der Waals surface area contributed by atoms with E-state index < -0.39 is 5.67 Å². The largest absolute Gasteiger partial charge is 0.501 e. The van der Waals surface area contributed by atoms with Gasteiger partial charge >= 0.3 is 0 Å². The Morgan fingerprint density at radius 1 is 1.58 bits per heavy atom. The van der Waals surface area contributed by atoms with Gasteiger partial charge in [-0.05, 0) is 25.8 Å². The zero-order chi connectivity index (χ0) is 8.44. The van der Waals surface area contributed by atoms with Crippen LogP contribution >= 0.6 is 0 Å². The SMILES string of the molecule is FC1(C2=COCCC2)CCNC1. The molecule has 0 aliphatic carbocycles. The molecular formula is C9H14FNO. The molecular weight excluding hydrogens is 157 g/mol.